The zero-order valence-corrected chi connectivity index (χ0v) is 14.5. The van der Waals surface area contributed by atoms with Crippen molar-refractivity contribution in [3.8, 4) is 0 Å². The second-order valence-electron chi connectivity index (χ2n) is 6.80. The van der Waals surface area contributed by atoms with Crippen LogP contribution >= 0.6 is 0 Å². The molecule has 1 aromatic carbocycles. The van der Waals surface area contributed by atoms with Crippen LogP contribution in [0.5, 0.6) is 0 Å². The number of carbonyl (C=O) groups is 1. The van der Waals surface area contributed by atoms with Gasteiger partial charge in [-0.3, -0.25) is 4.21 Å². The number of hydrogen-bond acceptors (Lipinski definition) is 3. The van der Waals surface area contributed by atoms with Crippen LogP contribution in [0, 0.1) is 0 Å². The van der Waals surface area contributed by atoms with Gasteiger partial charge in [-0.2, -0.15) is 0 Å². The summed E-state index contributed by atoms with van der Waals surface area (Å²) in [5, 5.41) is 5.77. The summed E-state index contributed by atoms with van der Waals surface area (Å²) in [7, 11) is -1.02. The number of hydrogen-bond donors (Lipinski definition) is 2. The third kappa shape index (κ3) is 4.08. The molecule has 2 N–H and O–H groups in total. The van der Waals surface area contributed by atoms with Crippen molar-refractivity contribution in [3.05, 3.63) is 24.3 Å². The maximum Gasteiger partial charge on any atom is 0.319 e. The van der Waals surface area contributed by atoms with Gasteiger partial charge in [-0.25, -0.2) is 4.79 Å². The van der Waals surface area contributed by atoms with Crippen LogP contribution in [0.15, 0.2) is 29.2 Å². The Bertz CT molecular complexity index is 582. The number of nitrogens with one attached hydrogen (secondary N) is 2. The lowest BCUT2D eigenvalue weighted by atomic mass is 9.95. The van der Waals surface area contributed by atoms with Crippen molar-refractivity contribution < 1.29 is 13.7 Å². The van der Waals surface area contributed by atoms with E-state index >= 15 is 0 Å². The fraction of sp³-hybridized carbons (Fsp3) is 0.562. The van der Waals surface area contributed by atoms with Gasteiger partial charge in [0.05, 0.1) is 17.2 Å². The molecule has 0 aliphatic carbocycles. The Labute approximate surface area is 134 Å². The molecule has 0 aromatic heterocycles. The Kier molecular flexibility index (Phi) is 4.63. The summed E-state index contributed by atoms with van der Waals surface area (Å²) in [6.07, 6.45) is 2.39. The van der Waals surface area contributed by atoms with E-state index in [1.54, 1.807) is 30.5 Å². The first-order chi connectivity index (χ1) is 10.1. The molecule has 1 heterocycles. The van der Waals surface area contributed by atoms with Crippen LogP contribution in [-0.4, -0.2) is 33.7 Å². The number of anilines is 1. The Morgan fingerprint density at radius 1 is 1.23 bits per heavy atom. The zero-order chi connectivity index (χ0) is 16.5. The van der Waals surface area contributed by atoms with Gasteiger partial charge >= 0.3 is 6.03 Å². The molecule has 5 nitrogen and oxygen atoms in total. The Morgan fingerprint density at radius 3 is 2.27 bits per heavy atom. The maximum absolute atomic E-state index is 12.1. The molecule has 2 rings (SSSR count). The fourth-order valence-electron chi connectivity index (χ4n) is 2.84. The first kappa shape index (κ1) is 17.0. The highest BCUT2D eigenvalue weighted by Crippen LogP contribution is 2.37. The molecule has 0 bridgehead atoms. The molecule has 6 heteroatoms. The van der Waals surface area contributed by atoms with E-state index < -0.39 is 16.4 Å². The lowest BCUT2D eigenvalue weighted by Gasteiger charge is -2.27. The number of urea groups is 1. The minimum atomic E-state index is -1.02. The van der Waals surface area contributed by atoms with Gasteiger partial charge in [0.2, 0.25) is 0 Å². The molecule has 1 saturated heterocycles. The van der Waals surface area contributed by atoms with Gasteiger partial charge in [0.1, 0.15) is 0 Å². The lowest BCUT2D eigenvalue weighted by Crippen LogP contribution is -2.47. The topological polar surface area (TPSA) is 67.4 Å². The minimum absolute atomic E-state index is 0.0510. The van der Waals surface area contributed by atoms with E-state index in [4.69, 9.17) is 4.74 Å². The molecular weight excluding hydrogens is 300 g/mol. The number of ether oxygens (including phenoxy) is 1. The fourth-order valence-corrected chi connectivity index (χ4v) is 3.36. The summed E-state index contributed by atoms with van der Waals surface area (Å²) < 4.78 is 17.3. The minimum Gasteiger partial charge on any atom is -0.367 e. The van der Waals surface area contributed by atoms with Gasteiger partial charge in [-0.15, -0.1) is 0 Å². The first-order valence-electron chi connectivity index (χ1n) is 7.30. The van der Waals surface area contributed by atoms with Crippen LogP contribution < -0.4 is 10.6 Å². The number of carbonyl (C=O) groups excluding carboxylic acids is 1. The SMILES string of the molecule is CS(=O)c1ccc(NC(=O)NC2CC(C)(C)OC2(C)C)cc1. The highest BCUT2D eigenvalue weighted by Gasteiger charge is 2.46. The average Bonchev–Trinajstić information content (AvgIpc) is 2.57. The van der Waals surface area contributed by atoms with Crippen LogP contribution in [0.3, 0.4) is 0 Å². The monoisotopic (exact) mass is 324 g/mol. The Balaban J connectivity index is 1.97. The predicted molar refractivity (Wildman–Crippen MR) is 88.6 cm³/mol. The van der Waals surface area contributed by atoms with Crippen LogP contribution in [0.25, 0.3) is 0 Å². The third-order valence-corrected chi connectivity index (χ3v) is 4.76. The molecule has 2 unspecified atom stereocenters. The molecule has 1 fully saturated rings. The van der Waals surface area contributed by atoms with Gasteiger partial charge in [0.25, 0.3) is 0 Å². The molecule has 0 spiro atoms. The molecule has 0 radical (unpaired) electrons. The second kappa shape index (κ2) is 6.01. The summed E-state index contributed by atoms with van der Waals surface area (Å²) >= 11 is 0. The normalized spacial score (nSPS) is 23.8. The summed E-state index contributed by atoms with van der Waals surface area (Å²) in [6.45, 7) is 8.02. The van der Waals surface area contributed by atoms with Gasteiger partial charge in [-0.1, -0.05) is 0 Å². The number of benzene rings is 1. The molecule has 1 aliphatic rings. The third-order valence-electron chi connectivity index (χ3n) is 3.82. The van der Waals surface area contributed by atoms with E-state index in [9.17, 15) is 9.00 Å². The Hall–Kier alpha value is -1.40. The second-order valence-corrected chi connectivity index (χ2v) is 8.18. The van der Waals surface area contributed by atoms with E-state index in [1.165, 1.54) is 0 Å². The van der Waals surface area contributed by atoms with Crippen LogP contribution in [-0.2, 0) is 15.5 Å². The molecule has 122 valence electrons. The average molecular weight is 324 g/mol. The quantitative estimate of drug-likeness (QED) is 0.898. The van der Waals surface area contributed by atoms with Crippen molar-refractivity contribution in [1.82, 2.24) is 5.32 Å². The van der Waals surface area contributed by atoms with Gasteiger partial charge in [0.15, 0.2) is 0 Å². The molecule has 0 saturated carbocycles. The van der Waals surface area contributed by atoms with Crippen LogP contribution in [0.1, 0.15) is 34.1 Å². The molecule has 22 heavy (non-hydrogen) atoms. The molecule has 2 atom stereocenters. The first-order valence-corrected chi connectivity index (χ1v) is 8.86. The van der Waals surface area contributed by atoms with Crippen molar-refractivity contribution in [2.24, 2.45) is 0 Å². The molecule has 1 aromatic rings. The summed E-state index contributed by atoms with van der Waals surface area (Å²) in [6, 6.07) is 6.68. The zero-order valence-electron chi connectivity index (χ0n) is 13.7. The maximum atomic E-state index is 12.1. The standard InChI is InChI=1S/C16H24N2O3S/c1-15(2)10-13(16(3,4)21-15)18-14(19)17-11-6-8-12(9-7-11)22(5)20/h6-9,13H,10H2,1-5H3,(H2,17,18,19). The van der Waals surface area contributed by atoms with Crippen molar-refractivity contribution >= 4 is 22.5 Å². The van der Waals surface area contributed by atoms with Crippen LogP contribution in [0.4, 0.5) is 10.5 Å². The van der Waals surface area contributed by atoms with Gasteiger partial charge in [0, 0.05) is 27.6 Å². The molecule has 2 amide bonds. The summed E-state index contributed by atoms with van der Waals surface area (Å²) in [5.41, 5.74) is 0.0284. The highest BCUT2D eigenvalue weighted by molar-refractivity contribution is 7.84. The predicted octanol–water partition coefficient (Wildman–Crippen LogP) is 2.89. The van der Waals surface area contributed by atoms with Crippen molar-refractivity contribution in [1.29, 1.82) is 0 Å². The molecule has 1 aliphatic heterocycles. The molecular formula is C16H24N2O3S. The van der Waals surface area contributed by atoms with Crippen LogP contribution in [0.2, 0.25) is 0 Å². The summed E-state index contributed by atoms with van der Waals surface area (Å²) in [4.78, 5) is 12.9. The van der Waals surface area contributed by atoms with E-state index in [0.717, 1.165) is 11.3 Å². The van der Waals surface area contributed by atoms with Crippen molar-refractivity contribution in [2.45, 2.75) is 56.3 Å². The van der Waals surface area contributed by atoms with E-state index in [-0.39, 0.29) is 17.7 Å². The number of amides is 2. The van der Waals surface area contributed by atoms with E-state index in [0.29, 0.717) is 5.69 Å². The smallest absolute Gasteiger partial charge is 0.319 e. The van der Waals surface area contributed by atoms with Crippen molar-refractivity contribution in [3.63, 3.8) is 0 Å². The Morgan fingerprint density at radius 2 is 1.82 bits per heavy atom. The van der Waals surface area contributed by atoms with Gasteiger partial charge in [-0.05, 0) is 58.4 Å². The largest absolute Gasteiger partial charge is 0.367 e. The summed E-state index contributed by atoms with van der Waals surface area (Å²) in [5.74, 6) is 0. The lowest BCUT2D eigenvalue weighted by molar-refractivity contribution is -0.0689. The highest BCUT2D eigenvalue weighted by atomic mass is 32.2. The van der Waals surface area contributed by atoms with Crippen molar-refractivity contribution in [2.75, 3.05) is 11.6 Å². The van der Waals surface area contributed by atoms with E-state index in [2.05, 4.69) is 10.6 Å². The van der Waals surface area contributed by atoms with Gasteiger partial charge < -0.3 is 15.4 Å². The van der Waals surface area contributed by atoms with E-state index in [1.807, 2.05) is 27.7 Å². The number of rotatable bonds is 3.